The first kappa shape index (κ1) is 12.5. The Balaban J connectivity index is 3.88. The first-order valence-electron chi connectivity index (χ1n) is 4.91. The second kappa shape index (κ2) is 6.94. The molecule has 0 aromatic heterocycles. The average molecular weight is 183 g/mol. The van der Waals surface area contributed by atoms with Gasteiger partial charge in [-0.15, -0.1) is 11.8 Å². The summed E-state index contributed by atoms with van der Waals surface area (Å²) in [6, 6.07) is 0. The second-order valence-corrected chi connectivity index (χ2v) is 3.68. The molecule has 2 heteroatoms. The molecule has 2 atom stereocenters. The summed E-state index contributed by atoms with van der Waals surface area (Å²) in [5.74, 6) is 6.41. The average Bonchev–Trinajstić information content (AvgIpc) is 2.05. The first-order chi connectivity index (χ1) is 6.13. The van der Waals surface area contributed by atoms with E-state index in [2.05, 4.69) is 25.7 Å². The SMILES string of the molecule is CC#CCCC(O)C(CN)C(C)C. The molecule has 0 spiro atoms. The number of aliphatic hydroxyl groups excluding tert-OH is 1. The van der Waals surface area contributed by atoms with Gasteiger partial charge >= 0.3 is 0 Å². The minimum Gasteiger partial charge on any atom is -0.393 e. The van der Waals surface area contributed by atoms with Crippen molar-refractivity contribution >= 4 is 0 Å². The van der Waals surface area contributed by atoms with Crippen LogP contribution in [0.3, 0.4) is 0 Å². The van der Waals surface area contributed by atoms with Crippen molar-refractivity contribution in [3.8, 4) is 11.8 Å². The molecule has 0 amide bonds. The van der Waals surface area contributed by atoms with E-state index < -0.39 is 0 Å². The Morgan fingerprint density at radius 1 is 1.38 bits per heavy atom. The van der Waals surface area contributed by atoms with Gasteiger partial charge in [0, 0.05) is 6.42 Å². The highest BCUT2D eigenvalue weighted by Gasteiger charge is 2.20. The smallest absolute Gasteiger partial charge is 0.0592 e. The monoisotopic (exact) mass is 183 g/mol. The van der Waals surface area contributed by atoms with Crippen LogP contribution in [0.15, 0.2) is 0 Å². The molecule has 2 nitrogen and oxygen atoms in total. The van der Waals surface area contributed by atoms with Gasteiger partial charge < -0.3 is 10.8 Å². The Bertz CT molecular complexity index is 178. The summed E-state index contributed by atoms with van der Waals surface area (Å²) in [6.07, 6.45) is 1.20. The number of hydrogen-bond acceptors (Lipinski definition) is 2. The molecule has 76 valence electrons. The van der Waals surface area contributed by atoms with Crippen molar-refractivity contribution < 1.29 is 5.11 Å². The van der Waals surface area contributed by atoms with Crippen LogP contribution >= 0.6 is 0 Å². The lowest BCUT2D eigenvalue weighted by Crippen LogP contribution is -2.31. The van der Waals surface area contributed by atoms with E-state index in [0.717, 1.165) is 12.8 Å². The maximum atomic E-state index is 9.76. The van der Waals surface area contributed by atoms with Crippen LogP contribution in [0.1, 0.15) is 33.6 Å². The minimum absolute atomic E-state index is 0.207. The van der Waals surface area contributed by atoms with E-state index in [1.807, 2.05) is 6.92 Å². The van der Waals surface area contributed by atoms with Crippen molar-refractivity contribution in [1.29, 1.82) is 0 Å². The quantitative estimate of drug-likeness (QED) is 0.633. The number of aliphatic hydroxyl groups is 1. The van der Waals surface area contributed by atoms with Crippen LogP contribution in [0.4, 0.5) is 0 Å². The molecule has 0 aliphatic carbocycles. The summed E-state index contributed by atoms with van der Waals surface area (Å²) in [5, 5.41) is 9.76. The third kappa shape index (κ3) is 4.92. The van der Waals surface area contributed by atoms with Crippen molar-refractivity contribution in [2.75, 3.05) is 6.54 Å². The van der Waals surface area contributed by atoms with Gasteiger partial charge in [-0.1, -0.05) is 13.8 Å². The lowest BCUT2D eigenvalue weighted by atomic mass is 9.88. The van der Waals surface area contributed by atoms with Gasteiger partial charge in [-0.2, -0.15) is 0 Å². The van der Waals surface area contributed by atoms with E-state index in [1.165, 1.54) is 0 Å². The molecular weight excluding hydrogens is 162 g/mol. The Hall–Kier alpha value is -0.520. The molecule has 2 unspecified atom stereocenters. The summed E-state index contributed by atoms with van der Waals surface area (Å²) >= 11 is 0. The summed E-state index contributed by atoms with van der Waals surface area (Å²) in [5.41, 5.74) is 5.58. The van der Waals surface area contributed by atoms with E-state index in [0.29, 0.717) is 12.5 Å². The molecule has 0 aliphatic heterocycles. The third-order valence-electron chi connectivity index (χ3n) is 2.36. The van der Waals surface area contributed by atoms with Crippen LogP contribution in [-0.2, 0) is 0 Å². The topological polar surface area (TPSA) is 46.2 Å². The van der Waals surface area contributed by atoms with E-state index in [4.69, 9.17) is 5.73 Å². The van der Waals surface area contributed by atoms with Crippen LogP contribution in [0.2, 0.25) is 0 Å². The third-order valence-corrected chi connectivity index (χ3v) is 2.36. The second-order valence-electron chi connectivity index (χ2n) is 3.68. The highest BCUT2D eigenvalue weighted by Crippen LogP contribution is 2.17. The van der Waals surface area contributed by atoms with Gasteiger partial charge in [-0.05, 0) is 31.7 Å². The molecule has 0 aromatic rings. The lowest BCUT2D eigenvalue weighted by molar-refractivity contribution is 0.0797. The molecule has 0 bridgehead atoms. The van der Waals surface area contributed by atoms with Crippen LogP contribution in [0.25, 0.3) is 0 Å². The van der Waals surface area contributed by atoms with Crippen LogP contribution in [0.5, 0.6) is 0 Å². The fraction of sp³-hybridized carbons (Fsp3) is 0.818. The van der Waals surface area contributed by atoms with Crippen molar-refractivity contribution in [2.24, 2.45) is 17.6 Å². The number of hydrogen-bond donors (Lipinski definition) is 2. The van der Waals surface area contributed by atoms with Gasteiger partial charge in [-0.25, -0.2) is 0 Å². The Morgan fingerprint density at radius 2 is 2.00 bits per heavy atom. The zero-order chi connectivity index (χ0) is 10.3. The van der Waals surface area contributed by atoms with Gasteiger partial charge in [0.25, 0.3) is 0 Å². The maximum absolute atomic E-state index is 9.76. The van der Waals surface area contributed by atoms with Gasteiger partial charge in [0.1, 0.15) is 0 Å². The first-order valence-corrected chi connectivity index (χ1v) is 4.91. The summed E-state index contributed by atoms with van der Waals surface area (Å²) in [4.78, 5) is 0. The highest BCUT2D eigenvalue weighted by atomic mass is 16.3. The van der Waals surface area contributed by atoms with Gasteiger partial charge in [0.2, 0.25) is 0 Å². The molecule has 0 fully saturated rings. The normalized spacial score (nSPS) is 14.9. The maximum Gasteiger partial charge on any atom is 0.0592 e. The van der Waals surface area contributed by atoms with Crippen molar-refractivity contribution in [3.05, 3.63) is 0 Å². The molecule has 3 N–H and O–H groups in total. The Labute approximate surface area is 81.5 Å². The van der Waals surface area contributed by atoms with Crippen LogP contribution in [0, 0.1) is 23.7 Å². The number of nitrogens with two attached hydrogens (primary N) is 1. The van der Waals surface area contributed by atoms with Crippen molar-refractivity contribution in [2.45, 2.75) is 39.7 Å². The molecule has 0 saturated carbocycles. The van der Waals surface area contributed by atoms with E-state index in [9.17, 15) is 5.11 Å². The number of rotatable bonds is 5. The minimum atomic E-state index is -0.300. The Kier molecular flexibility index (Phi) is 6.66. The summed E-state index contributed by atoms with van der Waals surface area (Å²) < 4.78 is 0. The molecule has 0 aliphatic rings. The molecule has 0 radical (unpaired) electrons. The van der Waals surface area contributed by atoms with E-state index in [1.54, 1.807) is 0 Å². The molecule has 0 rings (SSSR count). The molecular formula is C11H21NO. The fourth-order valence-electron chi connectivity index (χ4n) is 1.43. The largest absolute Gasteiger partial charge is 0.393 e. The Morgan fingerprint density at radius 3 is 2.38 bits per heavy atom. The molecule has 0 aromatic carbocycles. The van der Waals surface area contributed by atoms with Gasteiger partial charge in [0.05, 0.1) is 6.10 Å². The van der Waals surface area contributed by atoms with Crippen molar-refractivity contribution in [1.82, 2.24) is 0 Å². The van der Waals surface area contributed by atoms with Gasteiger partial charge in [0.15, 0.2) is 0 Å². The highest BCUT2D eigenvalue weighted by molar-refractivity contribution is 4.95. The molecule has 0 heterocycles. The van der Waals surface area contributed by atoms with E-state index >= 15 is 0 Å². The van der Waals surface area contributed by atoms with Crippen LogP contribution < -0.4 is 5.73 Å². The molecule has 13 heavy (non-hydrogen) atoms. The predicted octanol–water partition coefficient (Wildman–Crippen LogP) is 1.38. The summed E-state index contributed by atoms with van der Waals surface area (Å²) in [6.45, 7) is 6.55. The van der Waals surface area contributed by atoms with Crippen molar-refractivity contribution in [3.63, 3.8) is 0 Å². The lowest BCUT2D eigenvalue weighted by Gasteiger charge is -2.24. The zero-order valence-electron chi connectivity index (χ0n) is 8.88. The predicted molar refractivity (Wildman–Crippen MR) is 56.1 cm³/mol. The molecule has 0 saturated heterocycles. The van der Waals surface area contributed by atoms with E-state index in [-0.39, 0.29) is 12.0 Å². The standard InChI is InChI=1S/C11H21NO/c1-4-5-6-7-11(13)10(8-12)9(2)3/h9-11,13H,6-8,12H2,1-3H3. The summed E-state index contributed by atoms with van der Waals surface area (Å²) in [7, 11) is 0. The van der Waals surface area contributed by atoms with Gasteiger partial charge in [-0.3, -0.25) is 0 Å². The van der Waals surface area contributed by atoms with Crippen LogP contribution in [-0.4, -0.2) is 17.8 Å². The fourth-order valence-corrected chi connectivity index (χ4v) is 1.43. The zero-order valence-corrected chi connectivity index (χ0v) is 8.88.